The van der Waals surface area contributed by atoms with Crippen LogP contribution in [0.4, 0.5) is 5.69 Å². The molecule has 0 saturated carbocycles. The van der Waals surface area contributed by atoms with E-state index in [0.717, 1.165) is 0 Å². The van der Waals surface area contributed by atoms with Crippen LogP contribution in [-0.2, 0) is 0 Å². The van der Waals surface area contributed by atoms with Crippen molar-refractivity contribution in [2.24, 2.45) is 0 Å². The van der Waals surface area contributed by atoms with Gasteiger partial charge in [-0.15, -0.1) is 0 Å². The Labute approximate surface area is 122 Å². The van der Waals surface area contributed by atoms with E-state index < -0.39 is 5.91 Å². The molecule has 0 saturated heterocycles. The Bertz CT molecular complexity index is 707. The molecule has 0 aliphatic heterocycles. The molecular weight excluding hydrogens is 270 g/mol. The van der Waals surface area contributed by atoms with E-state index in [1.54, 1.807) is 18.2 Å². The third kappa shape index (κ3) is 3.28. The number of nitrogens with one attached hydrogen (secondary N) is 1. The molecular formula is C15H17N3O3. The Hall–Kier alpha value is -2.63. The zero-order chi connectivity index (χ0) is 15.4. The van der Waals surface area contributed by atoms with Crippen LogP contribution < -0.4 is 15.6 Å². The molecule has 2 rings (SSSR count). The van der Waals surface area contributed by atoms with Crippen LogP contribution in [-0.4, -0.2) is 22.8 Å². The fourth-order valence-corrected chi connectivity index (χ4v) is 1.85. The highest BCUT2D eigenvalue weighted by molar-refractivity contribution is 6.03. The van der Waals surface area contributed by atoms with Gasteiger partial charge in [-0.25, -0.2) is 4.68 Å². The lowest BCUT2D eigenvalue weighted by atomic mass is 10.2. The Morgan fingerprint density at radius 1 is 1.24 bits per heavy atom. The number of nitrogens with zero attached hydrogens (tertiary/aromatic N) is 2. The average molecular weight is 287 g/mol. The lowest BCUT2D eigenvalue weighted by Gasteiger charge is -2.11. The Balaban J connectivity index is 2.29. The van der Waals surface area contributed by atoms with Gasteiger partial charge in [0, 0.05) is 6.07 Å². The molecule has 6 heteroatoms. The smallest absolute Gasteiger partial charge is 0.276 e. The fraction of sp³-hybridized carbons (Fsp3) is 0.267. The van der Waals surface area contributed by atoms with Gasteiger partial charge in [0.15, 0.2) is 0 Å². The number of rotatable bonds is 4. The molecule has 0 atom stereocenters. The van der Waals surface area contributed by atoms with Gasteiger partial charge in [-0.05, 0) is 32.0 Å². The summed E-state index contributed by atoms with van der Waals surface area (Å²) in [5.74, 6) is 0.164. The predicted molar refractivity (Wildman–Crippen MR) is 79.8 cm³/mol. The normalized spacial score (nSPS) is 10.5. The Morgan fingerprint density at radius 2 is 1.95 bits per heavy atom. The lowest BCUT2D eigenvalue weighted by molar-refractivity contribution is 0.101. The van der Waals surface area contributed by atoms with E-state index in [9.17, 15) is 9.59 Å². The van der Waals surface area contributed by atoms with Crippen LogP contribution in [0.5, 0.6) is 5.75 Å². The van der Waals surface area contributed by atoms with Crippen LogP contribution >= 0.6 is 0 Å². The number of carbonyl (C=O) groups excluding carboxylic acids is 1. The van der Waals surface area contributed by atoms with Crippen LogP contribution in [0, 0.1) is 0 Å². The maximum Gasteiger partial charge on any atom is 0.276 e. The predicted octanol–water partition coefficient (Wildman–Crippen LogP) is 2.09. The van der Waals surface area contributed by atoms with Crippen molar-refractivity contribution in [1.29, 1.82) is 0 Å². The van der Waals surface area contributed by atoms with Crippen LogP contribution in [0.1, 0.15) is 30.4 Å². The molecule has 0 fully saturated rings. The van der Waals surface area contributed by atoms with Gasteiger partial charge in [0.2, 0.25) is 0 Å². The summed E-state index contributed by atoms with van der Waals surface area (Å²) in [6.07, 6.45) is 0. The highest BCUT2D eigenvalue weighted by Crippen LogP contribution is 2.23. The van der Waals surface area contributed by atoms with E-state index in [2.05, 4.69) is 10.4 Å². The van der Waals surface area contributed by atoms with E-state index >= 15 is 0 Å². The number of ether oxygens (including phenoxy) is 1. The van der Waals surface area contributed by atoms with Crippen molar-refractivity contribution in [3.05, 3.63) is 52.4 Å². The van der Waals surface area contributed by atoms with Gasteiger partial charge in [0.1, 0.15) is 11.4 Å². The molecule has 1 aromatic carbocycles. The molecule has 1 heterocycles. The monoisotopic (exact) mass is 287 g/mol. The number of para-hydroxylation sites is 2. The maximum absolute atomic E-state index is 12.2. The summed E-state index contributed by atoms with van der Waals surface area (Å²) in [5, 5.41) is 6.80. The third-order valence-corrected chi connectivity index (χ3v) is 2.90. The number of hydrogen-bond acceptors (Lipinski definition) is 4. The Morgan fingerprint density at radius 3 is 2.62 bits per heavy atom. The minimum absolute atomic E-state index is 0.114. The first-order chi connectivity index (χ1) is 10.0. The average Bonchev–Trinajstić information content (AvgIpc) is 2.47. The summed E-state index contributed by atoms with van der Waals surface area (Å²) in [6, 6.07) is 9.71. The molecule has 0 bridgehead atoms. The molecule has 0 radical (unpaired) electrons. The summed E-state index contributed by atoms with van der Waals surface area (Å²) < 4.78 is 6.45. The van der Waals surface area contributed by atoms with Gasteiger partial charge < -0.3 is 10.1 Å². The van der Waals surface area contributed by atoms with Crippen molar-refractivity contribution in [2.45, 2.75) is 19.9 Å². The quantitative estimate of drug-likeness (QED) is 0.934. The van der Waals surface area contributed by atoms with E-state index in [1.807, 2.05) is 19.9 Å². The number of carbonyl (C=O) groups is 1. The molecule has 21 heavy (non-hydrogen) atoms. The molecule has 0 aliphatic rings. The molecule has 2 aromatic rings. The van der Waals surface area contributed by atoms with Crippen molar-refractivity contribution in [3.63, 3.8) is 0 Å². The summed E-state index contributed by atoms with van der Waals surface area (Å²) in [5.41, 5.74) is 0.488. The van der Waals surface area contributed by atoms with Crippen molar-refractivity contribution in [1.82, 2.24) is 9.78 Å². The Kier molecular flexibility index (Phi) is 4.37. The van der Waals surface area contributed by atoms with Crippen LogP contribution in [0.2, 0.25) is 0 Å². The summed E-state index contributed by atoms with van der Waals surface area (Å²) in [4.78, 5) is 23.9. The maximum atomic E-state index is 12.2. The minimum atomic E-state index is -0.395. The highest BCUT2D eigenvalue weighted by atomic mass is 16.5. The van der Waals surface area contributed by atoms with E-state index in [0.29, 0.717) is 11.4 Å². The largest absolute Gasteiger partial charge is 0.495 e. The number of amides is 1. The second-order valence-corrected chi connectivity index (χ2v) is 4.75. The minimum Gasteiger partial charge on any atom is -0.495 e. The standard InChI is InChI=1S/C15H17N3O3/c1-10(2)18-14(19)9-8-12(17-18)15(20)16-11-6-4-5-7-13(11)21-3/h4-10H,1-3H3,(H,16,20). The first-order valence-electron chi connectivity index (χ1n) is 6.57. The fourth-order valence-electron chi connectivity index (χ4n) is 1.85. The second kappa shape index (κ2) is 6.21. The molecule has 0 spiro atoms. The zero-order valence-electron chi connectivity index (χ0n) is 12.2. The molecule has 0 unspecified atom stereocenters. The van der Waals surface area contributed by atoms with Crippen molar-refractivity contribution >= 4 is 11.6 Å². The number of hydrogen-bond donors (Lipinski definition) is 1. The highest BCUT2D eigenvalue weighted by Gasteiger charge is 2.13. The van der Waals surface area contributed by atoms with E-state index in [1.165, 1.54) is 23.9 Å². The van der Waals surface area contributed by atoms with Gasteiger partial charge in [0.25, 0.3) is 11.5 Å². The number of aromatic nitrogens is 2. The first kappa shape index (κ1) is 14.8. The zero-order valence-corrected chi connectivity index (χ0v) is 12.2. The molecule has 1 amide bonds. The van der Waals surface area contributed by atoms with Gasteiger partial charge in [0.05, 0.1) is 18.8 Å². The van der Waals surface area contributed by atoms with Gasteiger partial charge >= 0.3 is 0 Å². The van der Waals surface area contributed by atoms with Crippen LogP contribution in [0.25, 0.3) is 0 Å². The summed E-state index contributed by atoms with van der Waals surface area (Å²) >= 11 is 0. The molecule has 1 aromatic heterocycles. The second-order valence-electron chi connectivity index (χ2n) is 4.75. The summed E-state index contributed by atoms with van der Waals surface area (Å²) in [6.45, 7) is 3.66. The van der Waals surface area contributed by atoms with Crippen LogP contribution in [0.15, 0.2) is 41.2 Å². The van der Waals surface area contributed by atoms with E-state index in [-0.39, 0.29) is 17.3 Å². The molecule has 1 N–H and O–H groups in total. The topological polar surface area (TPSA) is 73.2 Å². The lowest BCUT2D eigenvalue weighted by Crippen LogP contribution is -2.27. The first-order valence-corrected chi connectivity index (χ1v) is 6.57. The third-order valence-electron chi connectivity index (χ3n) is 2.90. The van der Waals surface area contributed by atoms with Crippen molar-refractivity contribution < 1.29 is 9.53 Å². The van der Waals surface area contributed by atoms with Crippen molar-refractivity contribution in [2.75, 3.05) is 12.4 Å². The van der Waals surface area contributed by atoms with Gasteiger partial charge in [-0.1, -0.05) is 12.1 Å². The molecule has 6 nitrogen and oxygen atoms in total. The number of anilines is 1. The number of benzene rings is 1. The molecule has 110 valence electrons. The van der Waals surface area contributed by atoms with Gasteiger partial charge in [-0.2, -0.15) is 5.10 Å². The van der Waals surface area contributed by atoms with Gasteiger partial charge in [-0.3, -0.25) is 9.59 Å². The SMILES string of the molecule is COc1ccccc1NC(=O)c1ccc(=O)n(C(C)C)n1. The number of methoxy groups -OCH3 is 1. The summed E-state index contributed by atoms with van der Waals surface area (Å²) in [7, 11) is 1.53. The van der Waals surface area contributed by atoms with E-state index in [4.69, 9.17) is 4.74 Å². The molecule has 0 aliphatic carbocycles. The van der Waals surface area contributed by atoms with Crippen LogP contribution in [0.3, 0.4) is 0 Å². The van der Waals surface area contributed by atoms with Crippen molar-refractivity contribution in [3.8, 4) is 5.75 Å².